The van der Waals surface area contributed by atoms with E-state index in [4.69, 9.17) is 5.11 Å². The predicted octanol–water partition coefficient (Wildman–Crippen LogP) is 1.63. The number of carbonyl (C=O) groups excluding carboxylic acids is 1. The third-order valence-electron chi connectivity index (χ3n) is 3.43. The van der Waals surface area contributed by atoms with Crippen LogP contribution >= 0.6 is 0 Å². The van der Waals surface area contributed by atoms with Gasteiger partial charge in [-0.05, 0) is 26.7 Å². The molecule has 5 nitrogen and oxygen atoms in total. The lowest BCUT2D eigenvalue weighted by molar-refractivity contribution is -0.141. The summed E-state index contributed by atoms with van der Waals surface area (Å²) in [5.41, 5.74) is -0.113. The quantitative estimate of drug-likeness (QED) is 0.818. The largest absolute Gasteiger partial charge is 0.481 e. The van der Waals surface area contributed by atoms with Crippen LogP contribution in [0.2, 0.25) is 0 Å². The summed E-state index contributed by atoms with van der Waals surface area (Å²) in [5.74, 6) is -1.40. The summed E-state index contributed by atoms with van der Waals surface area (Å²) in [5, 5.41) is 8.83. The number of carbonyl (C=O) groups is 2. The Morgan fingerprint density at radius 1 is 1.47 bits per heavy atom. The molecule has 1 N–H and O–H groups in total. The van der Waals surface area contributed by atoms with Gasteiger partial charge in [0.2, 0.25) is 0 Å². The number of amides is 2. The predicted molar refractivity (Wildman–Crippen MR) is 64.8 cm³/mol. The molecule has 0 aromatic carbocycles. The zero-order valence-electron chi connectivity index (χ0n) is 11.1. The Balaban J connectivity index is 2.61. The number of hydrogen-bond donors (Lipinski definition) is 1. The highest BCUT2D eigenvalue weighted by Crippen LogP contribution is 2.29. The van der Waals surface area contributed by atoms with Gasteiger partial charge in [-0.3, -0.25) is 4.79 Å². The number of carboxylic acids is 1. The Bertz CT molecular complexity index is 315. The first-order valence-corrected chi connectivity index (χ1v) is 6.01. The fourth-order valence-electron chi connectivity index (χ4n) is 2.24. The standard InChI is InChI=1S/C12H22N2O3/c1-9(10(15)16)8-13(4)11(17)14-7-5-6-12(14,2)3/h9H,5-8H2,1-4H3,(H,15,16). The minimum Gasteiger partial charge on any atom is -0.481 e. The molecule has 1 atom stereocenters. The van der Waals surface area contributed by atoms with Gasteiger partial charge < -0.3 is 14.9 Å². The van der Waals surface area contributed by atoms with Crippen LogP contribution < -0.4 is 0 Å². The van der Waals surface area contributed by atoms with Gasteiger partial charge in [0.25, 0.3) is 0 Å². The second kappa shape index (κ2) is 4.94. The minimum absolute atomic E-state index is 0.0689. The maximum atomic E-state index is 12.2. The van der Waals surface area contributed by atoms with E-state index in [2.05, 4.69) is 0 Å². The molecule has 1 aliphatic rings. The summed E-state index contributed by atoms with van der Waals surface area (Å²) in [7, 11) is 1.66. The molecular formula is C12H22N2O3. The molecule has 0 spiro atoms. The van der Waals surface area contributed by atoms with Gasteiger partial charge in [0.15, 0.2) is 0 Å². The maximum absolute atomic E-state index is 12.2. The average Bonchev–Trinajstić information content (AvgIpc) is 2.56. The van der Waals surface area contributed by atoms with Gasteiger partial charge in [0.1, 0.15) is 0 Å². The summed E-state index contributed by atoms with van der Waals surface area (Å²) < 4.78 is 0. The van der Waals surface area contributed by atoms with Crippen LogP contribution in [-0.2, 0) is 4.79 Å². The third-order valence-corrected chi connectivity index (χ3v) is 3.43. The maximum Gasteiger partial charge on any atom is 0.320 e. The van der Waals surface area contributed by atoms with E-state index in [0.717, 1.165) is 19.4 Å². The Kier molecular flexibility index (Phi) is 4.01. The van der Waals surface area contributed by atoms with Crippen molar-refractivity contribution in [2.24, 2.45) is 5.92 Å². The molecule has 0 bridgehead atoms. The molecule has 2 amide bonds. The molecule has 17 heavy (non-hydrogen) atoms. The van der Waals surface area contributed by atoms with Crippen LogP contribution in [0.25, 0.3) is 0 Å². The van der Waals surface area contributed by atoms with E-state index in [-0.39, 0.29) is 18.1 Å². The van der Waals surface area contributed by atoms with E-state index in [0.29, 0.717) is 0 Å². The Morgan fingerprint density at radius 2 is 2.06 bits per heavy atom. The first kappa shape index (κ1) is 13.8. The molecule has 0 saturated carbocycles. The normalized spacial score (nSPS) is 20.1. The zero-order valence-corrected chi connectivity index (χ0v) is 11.1. The highest BCUT2D eigenvalue weighted by atomic mass is 16.4. The highest BCUT2D eigenvalue weighted by Gasteiger charge is 2.37. The van der Waals surface area contributed by atoms with Crippen molar-refractivity contribution in [1.82, 2.24) is 9.80 Å². The SMILES string of the molecule is CC(CN(C)C(=O)N1CCCC1(C)C)C(=O)O. The van der Waals surface area contributed by atoms with Crippen LogP contribution in [0.1, 0.15) is 33.6 Å². The lowest BCUT2D eigenvalue weighted by Crippen LogP contribution is -2.49. The van der Waals surface area contributed by atoms with Crippen LogP contribution in [0.15, 0.2) is 0 Å². The summed E-state index contributed by atoms with van der Waals surface area (Å²) in [6, 6.07) is -0.0689. The number of hydrogen-bond acceptors (Lipinski definition) is 2. The van der Waals surface area contributed by atoms with Crippen molar-refractivity contribution in [2.45, 2.75) is 39.2 Å². The molecule has 0 aromatic heterocycles. The van der Waals surface area contributed by atoms with E-state index in [1.807, 2.05) is 18.7 Å². The first-order chi connectivity index (χ1) is 7.75. The van der Waals surface area contributed by atoms with Crippen LogP contribution in [0.5, 0.6) is 0 Å². The Hall–Kier alpha value is -1.26. The van der Waals surface area contributed by atoms with Crippen LogP contribution in [-0.4, -0.2) is 52.6 Å². The van der Waals surface area contributed by atoms with E-state index < -0.39 is 11.9 Å². The number of aliphatic carboxylic acids is 1. The van der Waals surface area contributed by atoms with Gasteiger partial charge in [-0.2, -0.15) is 0 Å². The zero-order chi connectivity index (χ0) is 13.2. The summed E-state index contributed by atoms with van der Waals surface area (Å²) in [6.07, 6.45) is 2.02. The number of nitrogens with zero attached hydrogens (tertiary/aromatic N) is 2. The molecule has 1 heterocycles. The molecule has 1 fully saturated rings. The van der Waals surface area contributed by atoms with Gasteiger partial charge in [0.05, 0.1) is 5.92 Å². The second-order valence-corrected chi connectivity index (χ2v) is 5.47. The summed E-state index contributed by atoms with van der Waals surface area (Å²) >= 11 is 0. The van der Waals surface area contributed by atoms with E-state index >= 15 is 0 Å². The van der Waals surface area contributed by atoms with Gasteiger partial charge in [-0.25, -0.2) is 4.79 Å². The van der Waals surface area contributed by atoms with E-state index in [9.17, 15) is 9.59 Å². The van der Waals surface area contributed by atoms with Crippen molar-refractivity contribution < 1.29 is 14.7 Å². The van der Waals surface area contributed by atoms with Crippen molar-refractivity contribution in [3.63, 3.8) is 0 Å². The van der Waals surface area contributed by atoms with E-state index in [1.165, 1.54) is 4.90 Å². The average molecular weight is 242 g/mol. The molecular weight excluding hydrogens is 220 g/mol. The second-order valence-electron chi connectivity index (χ2n) is 5.47. The lowest BCUT2D eigenvalue weighted by atomic mass is 10.0. The van der Waals surface area contributed by atoms with Gasteiger partial charge >= 0.3 is 12.0 Å². The molecule has 5 heteroatoms. The van der Waals surface area contributed by atoms with Gasteiger partial charge in [-0.15, -0.1) is 0 Å². The van der Waals surface area contributed by atoms with Crippen molar-refractivity contribution >= 4 is 12.0 Å². The van der Waals surface area contributed by atoms with Gasteiger partial charge in [-0.1, -0.05) is 6.92 Å². The first-order valence-electron chi connectivity index (χ1n) is 6.01. The number of carboxylic acid groups (broad SMARTS) is 1. The van der Waals surface area contributed by atoms with Crippen molar-refractivity contribution in [3.05, 3.63) is 0 Å². The molecule has 0 aromatic rings. The number of likely N-dealkylation sites (tertiary alicyclic amines) is 1. The minimum atomic E-state index is -0.870. The number of rotatable bonds is 3. The fraction of sp³-hybridized carbons (Fsp3) is 0.833. The van der Waals surface area contributed by atoms with Crippen molar-refractivity contribution in [2.75, 3.05) is 20.1 Å². The summed E-state index contributed by atoms with van der Waals surface area (Å²) in [6.45, 7) is 6.72. The molecule has 1 unspecified atom stereocenters. The molecule has 98 valence electrons. The third kappa shape index (κ3) is 3.11. The molecule has 0 radical (unpaired) electrons. The Labute approximate surface area is 102 Å². The topological polar surface area (TPSA) is 60.9 Å². The lowest BCUT2D eigenvalue weighted by Gasteiger charge is -2.35. The molecule has 1 aliphatic heterocycles. The Morgan fingerprint density at radius 3 is 2.47 bits per heavy atom. The van der Waals surface area contributed by atoms with E-state index in [1.54, 1.807) is 14.0 Å². The monoisotopic (exact) mass is 242 g/mol. The summed E-state index contributed by atoms with van der Waals surface area (Å²) in [4.78, 5) is 26.3. The molecule has 1 saturated heterocycles. The van der Waals surface area contributed by atoms with Crippen LogP contribution in [0.3, 0.4) is 0 Å². The fourth-order valence-corrected chi connectivity index (χ4v) is 2.24. The van der Waals surface area contributed by atoms with Crippen LogP contribution in [0.4, 0.5) is 4.79 Å². The smallest absolute Gasteiger partial charge is 0.320 e. The molecule has 0 aliphatic carbocycles. The number of urea groups is 1. The van der Waals surface area contributed by atoms with Crippen molar-refractivity contribution in [1.29, 1.82) is 0 Å². The van der Waals surface area contributed by atoms with Crippen molar-refractivity contribution in [3.8, 4) is 0 Å². The highest BCUT2D eigenvalue weighted by molar-refractivity contribution is 5.76. The van der Waals surface area contributed by atoms with Gasteiger partial charge in [0, 0.05) is 25.7 Å². The molecule has 1 rings (SSSR count). The van der Waals surface area contributed by atoms with Crippen LogP contribution in [0, 0.1) is 5.92 Å².